The van der Waals surface area contributed by atoms with Crippen molar-refractivity contribution >= 4 is 28.9 Å². The van der Waals surface area contributed by atoms with Crippen LogP contribution in [0.2, 0.25) is 0 Å². The molecule has 1 unspecified atom stereocenters. The third-order valence-electron chi connectivity index (χ3n) is 3.62. The Labute approximate surface area is 125 Å². The lowest BCUT2D eigenvalue weighted by Gasteiger charge is -2.33. The van der Waals surface area contributed by atoms with Crippen molar-refractivity contribution in [3.63, 3.8) is 0 Å². The lowest BCUT2D eigenvalue weighted by molar-refractivity contribution is -0.142. The average Bonchev–Trinajstić information content (AvgIpc) is 2.94. The molecule has 1 atom stereocenters. The summed E-state index contributed by atoms with van der Waals surface area (Å²) in [6.45, 7) is 0.410. The number of amides is 1. The van der Waals surface area contributed by atoms with E-state index in [1.807, 2.05) is 5.38 Å². The number of nitrogens with two attached hydrogens (primary N) is 1. The Bertz CT molecular complexity index is 693. The number of anilines is 1. The van der Waals surface area contributed by atoms with E-state index in [1.165, 1.54) is 4.90 Å². The predicted octanol–water partition coefficient (Wildman–Crippen LogP) is 2.15. The summed E-state index contributed by atoms with van der Waals surface area (Å²) < 4.78 is 0. The van der Waals surface area contributed by atoms with E-state index >= 15 is 0 Å². The van der Waals surface area contributed by atoms with E-state index in [0.29, 0.717) is 24.2 Å². The van der Waals surface area contributed by atoms with Crippen LogP contribution in [0.3, 0.4) is 0 Å². The summed E-state index contributed by atoms with van der Waals surface area (Å²) in [5.41, 5.74) is 7.36. The van der Waals surface area contributed by atoms with Crippen LogP contribution in [-0.2, 0) is 11.2 Å². The van der Waals surface area contributed by atoms with Crippen molar-refractivity contribution in [2.75, 3.05) is 12.3 Å². The summed E-state index contributed by atoms with van der Waals surface area (Å²) >= 11 is 1.54. The fourth-order valence-corrected chi connectivity index (χ4v) is 3.50. The first kappa shape index (κ1) is 13.6. The van der Waals surface area contributed by atoms with E-state index in [4.69, 9.17) is 5.73 Å². The number of carbonyl (C=O) groups excluding carboxylic acids is 1. The molecule has 0 spiro atoms. The van der Waals surface area contributed by atoms with Crippen molar-refractivity contribution in [1.29, 1.82) is 0 Å². The van der Waals surface area contributed by atoms with Gasteiger partial charge >= 0.3 is 5.97 Å². The van der Waals surface area contributed by atoms with Gasteiger partial charge in [-0.15, -0.1) is 11.3 Å². The monoisotopic (exact) mass is 302 g/mol. The third kappa shape index (κ3) is 2.38. The number of hydrogen-bond donors (Lipinski definition) is 2. The van der Waals surface area contributed by atoms with Crippen molar-refractivity contribution in [3.05, 3.63) is 51.7 Å². The van der Waals surface area contributed by atoms with E-state index in [1.54, 1.807) is 41.7 Å². The number of hydrogen-bond acceptors (Lipinski definition) is 4. The topological polar surface area (TPSA) is 83.6 Å². The van der Waals surface area contributed by atoms with Crippen molar-refractivity contribution in [3.8, 4) is 0 Å². The summed E-state index contributed by atoms with van der Waals surface area (Å²) in [7, 11) is 0. The van der Waals surface area contributed by atoms with Crippen LogP contribution < -0.4 is 5.73 Å². The highest BCUT2D eigenvalue weighted by atomic mass is 32.1. The Morgan fingerprint density at radius 3 is 2.62 bits per heavy atom. The highest BCUT2D eigenvalue weighted by molar-refractivity contribution is 7.10. The number of aliphatic carboxylic acids is 1. The molecule has 5 nitrogen and oxygen atoms in total. The van der Waals surface area contributed by atoms with E-state index < -0.39 is 12.0 Å². The summed E-state index contributed by atoms with van der Waals surface area (Å²) in [5, 5.41) is 11.4. The minimum Gasteiger partial charge on any atom is -0.479 e. The highest BCUT2D eigenvalue weighted by Gasteiger charge is 2.36. The molecular formula is C15H14N2O3S. The number of benzene rings is 1. The molecule has 3 rings (SSSR count). The maximum absolute atomic E-state index is 12.6. The first-order chi connectivity index (χ1) is 10.1. The van der Waals surface area contributed by atoms with Gasteiger partial charge in [0.05, 0.1) is 0 Å². The molecule has 21 heavy (non-hydrogen) atoms. The second-order valence-corrected chi connectivity index (χ2v) is 5.91. The molecule has 1 aliphatic heterocycles. The third-order valence-corrected chi connectivity index (χ3v) is 4.61. The lowest BCUT2D eigenvalue weighted by atomic mass is 9.99. The van der Waals surface area contributed by atoms with E-state index in [2.05, 4.69) is 0 Å². The lowest BCUT2D eigenvalue weighted by Crippen LogP contribution is -2.43. The highest BCUT2D eigenvalue weighted by Crippen LogP contribution is 2.34. The number of carbonyl (C=O) groups is 2. The van der Waals surface area contributed by atoms with Crippen molar-refractivity contribution < 1.29 is 14.7 Å². The Hall–Kier alpha value is -2.34. The first-order valence-corrected chi connectivity index (χ1v) is 7.41. The van der Waals surface area contributed by atoms with Gasteiger partial charge in [-0.1, -0.05) is 0 Å². The molecule has 1 aromatic heterocycles. The molecule has 0 fully saturated rings. The Balaban J connectivity index is 1.96. The van der Waals surface area contributed by atoms with Crippen molar-refractivity contribution in [1.82, 2.24) is 4.90 Å². The number of nitrogen functional groups attached to an aromatic ring is 1. The van der Waals surface area contributed by atoms with Gasteiger partial charge in [0.1, 0.15) is 0 Å². The minimum absolute atomic E-state index is 0.278. The fraction of sp³-hybridized carbons (Fsp3) is 0.200. The molecule has 0 aliphatic carbocycles. The van der Waals surface area contributed by atoms with Crippen LogP contribution in [0.1, 0.15) is 26.8 Å². The first-order valence-electron chi connectivity index (χ1n) is 6.53. The molecule has 6 heteroatoms. The number of rotatable bonds is 2. The van der Waals surface area contributed by atoms with Crippen LogP contribution in [0.4, 0.5) is 5.69 Å². The molecule has 0 saturated heterocycles. The van der Waals surface area contributed by atoms with Gasteiger partial charge in [0.25, 0.3) is 5.91 Å². The maximum atomic E-state index is 12.6. The SMILES string of the molecule is Nc1ccc(C(=O)N2CCc3sccc3C2C(=O)O)cc1. The smallest absolute Gasteiger partial charge is 0.331 e. The zero-order valence-electron chi connectivity index (χ0n) is 11.2. The van der Waals surface area contributed by atoms with Crippen LogP contribution >= 0.6 is 11.3 Å². The molecule has 1 amide bonds. The summed E-state index contributed by atoms with van der Waals surface area (Å²) in [5.74, 6) is -1.28. The van der Waals surface area contributed by atoms with Crippen LogP contribution in [-0.4, -0.2) is 28.4 Å². The number of fused-ring (bicyclic) bond motifs is 1. The summed E-state index contributed by atoms with van der Waals surface area (Å²) in [6, 6.07) is 7.41. The number of thiophene rings is 1. The van der Waals surface area contributed by atoms with Gasteiger partial charge in [-0.3, -0.25) is 4.79 Å². The molecule has 0 saturated carbocycles. The van der Waals surface area contributed by atoms with Gasteiger partial charge in [-0.2, -0.15) is 0 Å². The molecule has 1 aromatic carbocycles. The van der Waals surface area contributed by atoms with E-state index in [0.717, 1.165) is 10.4 Å². The average molecular weight is 302 g/mol. The summed E-state index contributed by atoms with van der Waals surface area (Å²) in [4.78, 5) is 26.7. The number of nitrogens with zero attached hydrogens (tertiary/aromatic N) is 1. The number of carboxylic acids is 1. The van der Waals surface area contributed by atoms with Gasteiger partial charge in [0.2, 0.25) is 0 Å². The fourth-order valence-electron chi connectivity index (χ4n) is 2.59. The molecular weight excluding hydrogens is 288 g/mol. The Kier molecular flexibility index (Phi) is 3.39. The second kappa shape index (κ2) is 5.21. The van der Waals surface area contributed by atoms with Gasteiger partial charge in [-0.25, -0.2) is 4.79 Å². The molecule has 0 radical (unpaired) electrons. The van der Waals surface area contributed by atoms with E-state index in [-0.39, 0.29) is 5.91 Å². The van der Waals surface area contributed by atoms with Crippen LogP contribution in [0.5, 0.6) is 0 Å². The van der Waals surface area contributed by atoms with Crippen LogP contribution in [0, 0.1) is 0 Å². The predicted molar refractivity (Wildman–Crippen MR) is 80.3 cm³/mol. The Morgan fingerprint density at radius 2 is 1.95 bits per heavy atom. The van der Waals surface area contributed by atoms with Gasteiger partial charge in [0.15, 0.2) is 6.04 Å². The zero-order chi connectivity index (χ0) is 15.0. The molecule has 3 N–H and O–H groups in total. The zero-order valence-corrected chi connectivity index (χ0v) is 12.0. The second-order valence-electron chi connectivity index (χ2n) is 4.91. The standard InChI is InChI=1S/C15H14N2O3S/c16-10-3-1-9(2-4-10)14(18)17-7-5-12-11(6-8-21-12)13(17)15(19)20/h1-4,6,8,13H,5,7,16H2,(H,19,20). The van der Waals surface area contributed by atoms with Crippen LogP contribution in [0.15, 0.2) is 35.7 Å². The summed E-state index contributed by atoms with van der Waals surface area (Å²) in [6.07, 6.45) is 0.692. The van der Waals surface area contributed by atoms with E-state index in [9.17, 15) is 14.7 Å². The molecule has 0 bridgehead atoms. The number of carboxylic acid groups (broad SMARTS) is 1. The van der Waals surface area contributed by atoms with Crippen molar-refractivity contribution in [2.45, 2.75) is 12.5 Å². The van der Waals surface area contributed by atoms with Gasteiger partial charge in [-0.05, 0) is 47.7 Å². The molecule has 108 valence electrons. The van der Waals surface area contributed by atoms with Gasteiger partial charge in [0, 0.05) is 22.7 Å². The minimum atomic E-state index is -1.00. The Morgan fingerprint density at radius 1 is 1.24 bits per heavy atom. The van der Waals surface area contributed by atoms with Gasteiger partial charge < -0.3 is 15.7 Å². The van der Waals surface area contributed by atoms with Crippen molar-refractivity contribution in [2.24, 2.45) is 0 Å². The quantitative estimate of drug-likeness (QED) is 0.833. The maximum Gasteiger partial charge on any atom is 0.331 e. The van der Waals surface area contributed by atoms with Crippen LogP contribution in [0.25, 0.3) is 0 Å². The normalized spacial score (nSPS) is 17.3. The molecule has 2 heterocycles. The largest absolute Gasteiger partial charge is 0.479 e. The molecule has 1 aliphatic rings. The molecule has 2 aromatic rings.